The molecular weight excluding hydrogens is 237 g/mol. The van der Waals surface area contributed by atoms with Crippen LogP contribution in [0.1, 0.15) is 38.3 Å². The highest BCUT2D eigenvalue weighted by molar-refractivity contribution is 5.88. The Morgan fingerprint density at radius 2 is 1.72 bits per heavy atom. The summed E-state index contributed by atoms with van der Waals surface area (Å²) in [6.45, 7) is 5.68. The van der Waals surface area contributed by atoms with E-state index < -0.39 is 6.43 Å². The van der Waals surface area contributed by atoms with E-state index in [0.29, 0.717) is 16.3 Å². The average molecular weight is 252 g/mol. The Morgan fingerprint density at radius 1 is 1.06 bits per heavy atom. The van der Waals surface area contributed by atoms with Gasteiger partial charge in [0.25, 0.3) is 6.43 Å². The van der Waals surface area contributed by atoms with E-state index in [4.69, 9.17) is 0 Å². The predicted octanol–water partition coefficient (Wildman–Crippen LogP) is 5.21. The minimum Gasteiger partial charge on any atom is -0.206 e. The smallest absolute Gasteiger partial charge is 0.206 e. The van der Waals surface area contributed by atoms with Crippen molar-refractivity contribution >= 4 is 10.8 Å². The Morgan fingerprint density at radius 3 is 2.28 bits per heavy atom. The van der Waals surface area contributed by atoms with Gasteiger partial charge in [0, 0.05) is 10.9 Å². The summed E-state index contributed by atoms with van der Waals surface area (Å²) >= 11 is 0. The molecule has 0 fully saturated rings. The molecule has 3 heteroatoms. The lowest BCUT2D eigenvalue weighted by molar-refractivity contribution is 0.151. The van der Waals surface area contributed by atoms with Gasteiger partial charge >= 0.3 is 0 Å². The molecule has 0 aromatic heterocycles. The number of hydrogen-bond acceptors (Lipinski definition) is 0. The molecule has 0 aliphatic heterocycles. The fourth-order valence-electron chi connectivity index (χ4n) is 2.12. The fraction of sp³-hybridized carbons (Fsp3) is 0.333. The molecule has 0 bridgehead atoms. The average Bonchev–Trinajstić information content (AvgIpc) is 2.26. The van der Waals surface area contributed by atoms with Gasteiger partial charge in [0.2, 0.25) is 0 Å². The quantitative estimate of drug-likeness (QED) is 0.653. The van der Waals surface area contributed by atoms with Crippen LogP contribution in [-0.4, -0.2) is 0 Å². The van der Waals surface area contributed by atoms with E-state index in [-0.39, 0.29) is 16.8 Å². The zero-order chi connectivity index (χ0) is 13.5. The van der Waals surface area contributed by atoms with Gasteiger partial charge in [0.1, 0.15) is 5.82 Å². The van der Waals surface area contributed by atoms with Crippen LogP contribution in [0.15, 0.2) is 30.3 Å². The Kier molecular flexibility index (Phi) is 3.09. The van der Waals surface area contributed by atoms with Crippen LogP contribution in [0, 0.1) is 5.82 Å². The summed E-state index contributed by atoms with van der Waals surface area (Å²) in [6.07, 6.45) is -2.54. The molecule has 0 amide bonds. The highest BCUT2D eigenvalue weighted by atomic mass is 19.3. The lowest BCUT2D eigenvalue weighted by Gasteiger charge is -2.23. The minimum atomic E-state index is -2.54. The van der Waals surface area contributed by atoms with E-state index in [2.05, 4.69) is 0 Å². The van der Waals surface area contributed by atoms with E-state index in [1.807, 2.05) is 20.8 Å². The first-order valence-electron chi connectivity index (χ1n) is 5.81. The first-order valence-corrected chi connectivity index (χ1v) is 5.81. The van der Waals surface area contributed by atoms with Gasteiger partial charge in [0.05, 0.1) is 0 Å². The predicted molar refractivity (Wildman–Crippen MR) is 67.6 cm³/mol. The third-order valence-electron chi connectivity index (χ3n) is 3.01. The highest BCUT2D eigenvalue weighted by Crippen LogP contribution is 2.35. The van der Waals surface area contributed by atoms with Gasteiger partial charge < -0.3 is 0 Å². The van der Waals surface area contributed by atoms with Crippen molar-refractivity contribution in [2.45, 2.75) is 32.6 Å². The van der Waals surface area contributed by atoms with Crippen LogP contribution < -0.4 is 0 Å². The molecule has 2 aromatic rings. The monoisotopic (exact) mass is 252 g/mol. The molecule has 18 heavy (non-hydrogen) atoms. The minimum absolute atomic E-state index is 0.0574. The van der Waals surface area contributed by atoms with Gasteiger partial charge in [-0.15, -0.1) is 0 Å². The number of fused-ring (bicyclic) bond motifs is 1. The maximum Gasteiger partial charge on any atom is 0.263 e. The van der Waals surface area contributed by atoms with Crippen molar-refractivity contribution < 1.29 is 13.2 Å². The Labute approximate surface area is 104 Å². The second-order valence-electron chi connectivity index (χ2n) is 5.46. The van der Waals surface area contributed by atoms with Gasteiger partial charge in [-0.3, -0.25) is 0 Å². The molecule has 0 unspecified atom stereocenters. The van der Waals surface area contributed by atoms with Crippen molar-refractivity contribution in [3.05, 3.63) is 47.3 Å². The maximum atomic E-state index is 13.9. The van der Waals surface area contributed by atoms with Gasteiger partial charge in [-0.05, 0) is 34.6 Å². The topological polar surface area (TPSA) is 0 Å². The van der Waals surface area contributed by atoms with Crippen LogP contribution in [0.2, 0.25) is 0 Å². The molecule has 0 aliphatic rings. The molecule has 0 aliphatic carbocycles. The summed E-state index contributed by atoms with van der Waals surface area (Å²) in [5.41, 5.74) is 0.178. The highest BCUT2D eigenvalue weighted by Gasteiger charge is 2.21. The molecular formula is C15H15F3. The van der Waals surface area contributed by atoms with Gasteiger partial charge in [-0.1, -0.05) is 32.9 Å². The van der Waals surface area contributed by atoms with Crippen molar-refractivity contribution in [1.29, 1.82) is 0 Å². The SMILES string of the molecule is CC(C)(C)c1cc(C(F)F)cc2cccc(F)c12. The number of rotatable bonds is 1. The Balaban J connectivity index is 2.87. The van der Waals surface area contributed by atoms with E-state index in [9.17, 15) is 13.2 Å². The molecule has 2 rings (SSSR count). The largest absolute Gasteiger partial charge is 0.263 e. The van der Waals surface area contributed by atoms with Crippen molar-refractivity contribution in [3.63, 3.8) is 0 Å². The van der Waals surface area contributed by atoms with E-state index >= 15 is 0 Å². The molecule has 0 radical (unpaired) electrons. The number of hydrogen-bond donors (Lipinski definition) is 0. The number of benzene rings is 2. The first-order chi connectivity index (χ1) is 8.30. The van der Waals surface area contributed by atoms with Crippen LogP contribution in [0.25, 0.3) is 10.8 Å². The standard InChI is InChI=1S/C15H15F3/c1-15(2,3)11-8-10(14(17)18)7-9-5-4-6-12(16)13(9)11/h4-8,14H,1-3H3. The molecule has 0 heterocycles. The van der Waals surface area contributed by atoms with E-state index in [1.54, 1.807) is 12.1 Å². The summed E-state index contributed by atoms with van der Waals surface area (Å²) in [5, 5.41) is 0.965. The molecule has 0 saturated heterocycles. The van der Waals surface area contributed by atoms with Crippen LogP contribution in [0.4, 0.5) is 13.2 Å². The third-order valence-corrected chi connectivity index (χ3v) is 3.01. The molecule has 0 spiro atoms. The zero-order valence-corrected chi connectivity index (χ0v) is 10.6. The Bertz CT molecular complexity index is 580. The normalized spacial score (nSPS) is 12.4. The third kappa shape index (κ3) is 2.22. The van der Waals surface area contributed by atoms with Crippen molar-refractivity contribution in [2.24, 2.45) is 0 Å². The fourth-order valence-corrected chi connectivity index (χ4v) is 2.12. The van der Waals surface area contributed by atoms with E-state index in [0.717, 1.165) is 0 Å². The molecule has 96 valence electrons. The lowest BCUT2D eigenvalue weighted by Crippen LogP contribution is -2.13. The van der Waals surface area contributed by atoms with Crippen LogP contribution >= 0.6 is 0 Å². The molecule has 0 N–H and O–H groups in total. The second kappa shape index (κ2) is 4.30. The van der Waals surface area contributed by atoms with Gasteiger partial charge in [-0.25, -0.2) is 13.2 Å². The first kappa shape index (κ1) is 12.9. The molecule has 0 saturated carbocycles. The number of halogens is 3. The van der Waals surface area contributed by atoms with Gasteiger partial charge in [0.15, 0.2) is 0 Å². The van der Waals surface area contributed by atoms with Gasteiger partial charge in [-0.2, -0.15) is 0 Å². The summed E-state index contributed by atoms with van der Waals surface area (Å²) in [5.74, 6) is -0.363. The van der Waals surface area contributed by atoms with Crippen molar-refractivity contribution in [1.82, 2.24) is 0 Å². The summed E-state index contributed by atoms with van der Waals surface area (Å²) in [7, 11) is 0. The maximum absolute atomic E-state index is 13.9. The summed E-state index contributed by atoms with van der Waals surface area (Å²) in [4.78, 5) is 0. The summed E-state index contributed by atoms with van der Waals surface area (Å²) < 4.78 is 39.7. The van der Waals surface area contributed by atoms with Crippen molar-refractivity contribution in [3.8, 4) is 0 Å². The van der Waals surface area contributed by atoms with E-state index in [1.165, 1.54) is 18.2 Å². The van der Waals surface area contributed by atoms with Crippen LogP contribution in [0.5, 0.6) is 0 Å². The number of alkyl halides is 2. The summed E-state index contributed by atoms with van der Waals surface area (Å²) in [6, 6.07) is 7.34. The Hall–Kier alpha value is -1.51. The zero-order valence-electron chi connectivity index (χ0n) is 10.6. The molecule has 2 aromatic carbocycles. The molecule has 0 nitrogen and oxygen atoms in total. The lowest BCUT2D eigenvalue weighted by atomic mass is 9.82. The second-order valence-corrected chi connectivity index (χ2v) is 5.46. The van der Waals surface area contributed by atoms with Crippen LogP contribution in [-0.2, 0) is 5.41 Å². The molecule has 0 atom stereocenters. The van der Waals surface area contributed by atoms with Crippen LogP contribution in [0.3, 0.4) is 0 Å². The van der Waals surface area contributed by atoms with Crippen molar-refractivity contribution in [2.75, 3.05) is 0 Å².